The van der Waals surface area contributed by atoms with Crippen molar-refractivity contribution in [3.63, 3.8) is 0 Å². The lowest BCUT2D eigenvalue weighted by Gasteiger charge is -2.30. The van der Waals surface area contributed by atoms with E-state index in [0.29, 0.717) is 12.0 Å². The summed E-state index contributed by atoms with van der Waals surface area (Å²) < 4.78 is 10.1. The van der Waals surface area contributed by atoms with Crippen molar-refractivity contribution in [3.05, 3.63) is 83.6 Å². The van der Waals surface area contributed by atoms with Crippen molar-refractivity contribution in [1.82, 2.24) is 10.3 Å². The van der Waals surface area contributed by atoms with Crippen LogP contribution in [0.4, 0.5) is 0 Å². The fraction of sp³-hybridized carbons (Fsp3) is 0.217. The molecule has 4 rings (SSSR count). The van der Waals surface area contributed by atoms with Crippen LogP contribution in [0, 0.1) is 0 Å². The third-order valence-electron chi connectivity index (χ3n) is 5.21. The summed E-state index contributed by atoms with van der Waals surface area (Å²) in [5.74, 6) is -0.692. The van der Waals surface area contributed by atoms with E-state index in [-0.39, 0.29) is 18.6 Å². The Morgan fingerprint density at radius 3 is 2.66 bits per heavy atom. The molecule has 29 heavy (non-hydrogen) atoms. The third kappa shape index (κ3) is 3.54. The summed E-state index contributed by atoms with van der Waals surface area (Å²) in [5, 5.41) is 4.49. The van der Waals surface area contributed by atoms with Crippen molar-refractivity contribution in [3.8, 4) is 0 Å². The summed E-state index contributed by atoms with van der Waals surface area (Å²) in [6.45, 7) is 3.71. The Labute approximate surface area is 168 Å². The van der Waals surface area contributed by atoms with Gasteiger partial charge in [-0.25, -0.2) is 4.79 Å². The fourth-order valence-electron chi connectivity index (χ4n) is 3.82. The quantitative estimate of drug-likeness (QED) is 0.516. The van der Waals surface area contributed by atoms with Gasteiger partial charge in [-0.3, -0.25) is 10.1 Å². The van der Waals surface area contributed by atoms with Crippen LogP contribution in [-0.2, 0) is 20.7 Å². The Morgan fingerprint density at radius 2 is 1.93 bits per heavy atom. The predicted octanol–water partition coefficient (Wildman–Crippen LogP) is 3.29. The molecule has 1 aromatic heterocycles. The Bertz CT molecular complexity index is 1070. The normalized spacial score (nSPS) is 18.1. The summed E-state index contributed by atoms with van der Waals surface area (Å²) >= 11 is 0. The molecule has 3 aromatic rings. The highest BCUT2D eigenvalue weighted by Crippen LogP contribution is 2.35. The first-order chi connectivity index (χ1) is 14.1. The minimum atomic E-state index is -0.450. The minimum Gasteiger partial charge on any atom is -0.468 e. The van der Waals surface area contributed by atoms with Crippen molar-refractivity contribution in [1.29, 1.82) is 0 Å². The van der Waals surface area contributed by atoms with Gasteiger partial charge in [0.2, 0.25) is 0 Å². The van der Waals surface area contributed by atoms with Crippen molar-refractivity contribution >= 4 is 22.8 Å². The van der Waals surface area contributed by atoms with Gasteiger partial charge < -0.3 is 14.5 Å². The number of fused-ring (bicyclic) bond motifs is 3. The number of rotatable bonds is 5. The van der Waals surface area contributed by atoms with Gasteiger partial charge in [-0.1, -0.05) is 43.0 Å². The molecule has 0 radical (unpaired) electrons. The Kier molecular flexibility index (Phi) is 5.18. The Balaban J connectivity index is 1.71. The number of H-pyrrole nitrogens is 1. The van der Waals surface area contributed by atoms with E-state index in [9.17, 15) is 9.59 Å². The smallest absolute Gasteiger partial charge is 0.338 e. The molecular formula is C23H22N2O4. The third-order valence-corrected chi connectivity index (χ3v) is 5.21. The Morgan fingerprint density at radius 1 is 1.17 bits per heavy atom. The second-order valence-electron chi connectivity index (χ2n) is 6.95. The topological polar surface area (TPSA) is 80.4 Å². The van der Waals surface area contributed by atoms with E-state index in [1.807, 2.05) is 30.3 Å². The summed E-state index contributed by atoms with van der Waals surface area (Å²) in [6, 6.07) is 14.6. The van der Waals surface area contributed by atoms with Crippen LogP contribution in [0.25, 0.3) is 10.9 Å². The maximum atomic E-state index is 12.3. The molecular weight excluding hydrogens is 368 g/mol. The van der Waals surface area contributed by atoms with Gasteiger partial charge in [0.25, 0.3) is 0 Å². The zero-order valence-electron chi connectivity index (χ0n) is 16.1. The molecule has 1 aliphatic heterocycles. The molecule has 148 valence electrons. The zero-order chi connectivity index (χ0) is 20.4. The molecule has 0 fully saturated rings. The van der Waals surface area contributed by atoms with Crippen LogP contribution in [0.15, 0.2) is 61.2 Å². The van der Waals surface area contributed by atoms with E-state index < -0.39 is 12.0 Å². The van der Waals surface area contributed by atoms with E-state index in [2.05, 4.69) is 22.9 Å². The summed E-state index contributed by atoms with van der Waals surface area (Å²) in [5.41, 5.74) is 4.56. The number of carbonyl (C=O) groups excluding carboxylic acids is 2. The molecule has 0 aliphatic carbocycles. The van der Waals surface area contributed by atoms with E-state index >= 15 is 0 Å². The number of carbonyl (C=O) groups is 2. The van der Waals surface area contributed by atoms with Crippen molar-refractivity contribution in [2.45, 2.75) is 18.5 Å². The highest BCUT2D eigenvalue weighted by atomic mass is 16.5. The highest BCUT2D eigenvalue weighted by Gasteiger charge is 2.34. The van der Waals surface area contributed by atoms with Gasteiger partial charge in [0.15, 0.2) is 0 Å². The van der Waals surface area contributed by atoms with E-state index in [0.717, 1.165) is 27.7 Å². The second-order valence-corrected chi connectivity index (χ2v) is 6.95. The largest absolute Gasteiger partial charge is 0.468 e. The maximum Gasteiger partial charge on any atom is 0.338 e. The number of benzene rings is 2. The van der Waals surface area contributed by atoms with Gasteiger partial charge in [0.1, 0.15) is 12.6 Å². The van der Waals surface area contributed by atoms with Gasteiger partial charge in [0.05, 0.1) is 18.7 Å². The molecule has 0 saturated heterocycles. The fourth-order valence-corrected chi connectivity index (χ4v) is 3.82. The number of aromatic nitrogens is 1. The first kappa shape index (κ1) is 19.0. The zero-order valence-corrected chi connectivity index (χ0v) is 16.1. The molecule has 2 atom stereocenters. The number of hydrogen-bond donors (Lipinski definition) is 2. The predicted molar refractivity (Wildman–Crippen MR) is 110 cm³/mol. The van der Waals surface area contributed by atoms with Crippen LogP contribution in [0.3, 0.4) is 0 Å². The van der Waals surface area contributed by atoms with E-state index in [1.54, 1.807) is 12.1 Å². The van der Waals surface area contributed by atoms with Crippen molar-refractivity contribution in [2.24, 2.45) is 0 Å². The SMILES string of the molecule is C=CCOC(=O)c1ccc([C@@H]2N[C@@H](C(=O)OC)Cc3c2[nH]c2ccccc32)cc1. The Hall–Kier alpha value is -3.38. The maximum absolute atomic E-state index is 12.3. The lowest BCUT2D eigenvalue weighted by Crippen LogP contribution is -2.45. The number of nitrogens with one attached hydrogen (secondary N) is 2. The molecule has 1 aliphatic rings. The van der Waals surface area contributed by atoms with Gasteiger partial charge in [0, 0.05) is 23.0 Å². The molecule has 6 nitrogen and oxygen atoms in total. The number of ether oxygens (including phenoxy) is 2. The van der Waals surface area contributed by atoms with Crippen LogP contribution >= 0.6 is 0 Å². The van der Waals surface area contributed by atoms with Gasteiger partial charge in [-0.2, -0.15) is 0 Å². The summed E-state index contributed by atoms with van der Waals surface area (Å²) in [4.78, 5) is 27.8. The average molecular weight is 390 g/mol. The van der Waals surface area contributed by atoms with Gasteiger partial charge in [-0.05, 0) is 29.3 Å². The number of aromatic amines is 1. The number of hydrogen-bond acceptors (Lipinski definition) is 5. The number of esters is 2. The number of methoxy groups -OCH3 is 1. The molecule has 2 aromatic carbocycles. The van der Waals surface area contributed by atoms with Gasteiger partial charge in [-0.15, -0.1) is 0 Å². The van der Waals surface area contributed by atoms with Crippen LogP contribution in [0.1, 0.15) is 33.2 Å². The standard InChI is InChI=1S/C23H22N2O4/c1-3-12-29-22(26)15-10-8-14(9-11-15)20-21-17(13-19(25-20)23(27)28-2)16-6-4-5-7-18(16)24-21/h3-11,19-20,24-25H,1,12-13H2,2H3/t19-,20+/m1/s1. The molecule has 0 saturated carbocycles. The first-order valence-corrected chi connectivity index (χ1v) is 9.43. The summed E-state index contributed by atoms with van der Waals surface area (Å²) in [7, 11) is 1.40. The van der Waals surface area contributed by atoms with E-state index in [1.165, 1.54) is 13.2 Å². The molecule has 2 heterocycles. The molecule has 0 unspecified atom stereocenters. The lowest BCUT2D eigenvalue weighted by atomic mass is 9.90. The lowest BCUT2D eigenvalue weighted by molar-refractivity contribution is -0.143. The van der Waals surface area contributed by atoms with Crippen LogP contribution in [0.2, 0.25) is 0 Å². The van der Waals surface area contributed by atoms with Gasteiger partial charge >= 0.3 is 11.9 Å². The van der Waals surface area contributed by atoms with Crippen molar-refractivity contribution < 1.29 is 19.1 Å². The summed E-state index contributed by atoms with van der Waals surface area (Å²) in [6.07, 6.45) is 2.08. The van der Waals surface area contributed by atoms with Crippen LogP contribution in [0.5, 0.6) is 0 Å². The first-order valence-electron chi connectivity index (χ1n) is 9.43. The second kappa shape index (κ2) is 7.93. The minimum absolute atomic E-state index is 0.171. The molecule has 0 spiro atoms. The molecule has 6 heteroatoms. The highest BCUT2D eigenvalue weighted by molar-refractivity contribution is 5.90. The average Bonchev–Trinajstić information content (AvgIpc) is 3.15. The molecule has 0 bridgehead atoms. The number of para-hydroxylation sites is 1. The van der Waals surface area contributed by atoms with Crippen LogP contribution in [-0.4, -0.2) is 36.7 Å². The van der Waals surface area contributed by atoms with E-state index in [4.69, 9.17) is 9.47 Å². The molecule has 2 N–H and O–H groups in total. The van der Waals surface area contributed by atoms with Crippen molar-refractivity contribution in [2.75, 3.05) is 13.7 Å². The molecule has 0 amide bonds. The van der Waals surface area contributed by atoms with Crippen LogP contribution < -0.4 is 5.32 Å². The monoisotopic (exact) mass is 390 g/mol.